The van der Waals surface area contributed by atoms with Gasteiger partial charge in [-0.15, -0.1) is 0 Å². The minimum atomic E-state index is -4.39. The van der Waals surface area contributed by atoms with Crippen LogP contribution in [0.25, 0.3) is 33.5 Å². The van der Waals surface area contributed by atoms with E-state index in [2.05, 4.69) is 15.1 Å². The van der Waals surface area contributed by atoms with Crippen molar-refractivity contribution in [3.63, 3.8) is 0 Å². The fourth-order valence-corrected chi connectivity index (χ4v) is 3.47. The molecule has 1 saturated carbocycles. The summed E-state index contributed by atoms with van der Waals surface area (Å²) in [6, 6.07) is 5.98. The molecule has 5 nitrogen and oxygen atoms in total. The first kappa shape index (κ1) is 17.0. The minimum absolute atomic E-state index is 0.263. The molecule has 8 heteroatoms. The van der Waals surface area contributed by atoms with Crippen LogP contribution < -0.4 is 0 Å². The maximum atomic E-state index is 13.1. The van der Waals surface area contributed by atoms with E-state index < -0.39 is 11.7 Å². The zero-order valence-electron chi connectivity index (χ0n) is 15.0. The molecule has 1 fully saturated rings. The maximum absolute atomic E-state index is 13.1. The average Bonchev–Trinajstić information content (AvgIpc) is 3.29. The Kier molecular flexibility index (Phi) is 3.59. The van der Waals surface area contributed by atoms with E-state index >= 15 is 0 Å². The van der Waals surface area contributed by atoms with E-state index in [4.69, 9.17) is 0 Å². The molecule has 0 bridgehead atoms. The summed E-state index contributed by atoms with van der Waals surface area (Å²) >= 11 is 0. The van der Waals surface area contributed by atoms with Crippen molar-refractivity contribution in [1.82, 2.24) is 24.3 Å². The lowest BCUT2D eigenvalue weighted by Crippen LogP contribution is -2.04. The number of fused-ring (bicyclic) bond motifs is 1. The highest BCUT2D eigenvalue weighted by atomic mass is 19.4. The van der Waals surface area contributed by atoms with Gasteiger partial charge in [-0.2, -0.15) is 18.3 Å². The lowest BCUT2D eigenvalue weighted by molar-refractivity contribution is -0.137. The summed E-state index contributed by atoms with van der Waals surface area (Å²) in [5.74, 6) is 0.648. The van der Waals surface area contributed by atoms with Gasteiger partial charge in [-0.25, -0.2) is 4.98 Å². The average molecular weight is 383 g/mol. The van der Waals surface area contributed by atoms with Crippen molar-refractivity contribution in [3.8, 4) is 22.5 Å². The maximum Gasteiger partial charge on any atom is 0.416 e. The van der Waals surface area contributed by atoms with Crippen molar-refractivity contribution in [2.45, 2.75) is 25.1 Å². The number of halogens is 3. The van der Waals surface area contributed by atoms with Crippen LogP contribution in [-0.4, -0.2) is 24.3 Å². The van der Waals surface area contributed by atoms with Gasteiger partial charge >= 0.3 is 6.18 Å². The summed E-state index contributed by atoms with van der Waals surface area (Å²) in [5.41, 5.74) is 2.97. The Morgan fingerprint density at radius 1 is 1.00 bits per heavy atom. The number of pyridine rings is 1. The highest BCUT2D eigenvalue weighted by molar-refractivity contribution is 5.82. The van der Waals surface area contributed by atoms with Crippen molar-refractivity contribution in [3.05, 3.63) is 54.6 Å². The van der Waals surface area contributed by atoms with Crippen molar-refractivity contribution in [2.75, 3.05) is 0 Å². The molecule has 1 aliphatic rings. The van der Waals surface area contributed by atoms with Gasteiger partial charge in [0.15, 0.2) is 0 Å². The molecule has 142 valence electrons. The van der Waals surface area contributed by atoms with Crippen LogP contribution in [-0.2, 0) is 13.2 Å². The Morgan fingerprint density at radius 2 is 1.79 bits per heavy atom. The third-order valence-electron chi connectivity index (χ3n) is 4.96. The quantitative estimate of drug-likeness (QED) is 0.508. The molecule has 0 spiro atoms. The van der Waals surface area contributed by atoms with Crippen LogP contribution in [0.3, 0.4) is 0 Å². The van der Waals surface area contributed by atoms with Crippen LogP contribution in [0, 0.1) is 0 Å². The number of nitrogens with zero attached hydrogens (tertiary/aromatic N) is 5. The molecule has 0 radical (unpaired) electrons. The number of aromatic nitrogens is 5. The second-order valence-corrected chi connectivity index (χ2v) is 7.10. The topological polar surface area (TPSA) is 48.5 Å². The molecule has 1 aromatic carbocycles. The van der Waals surface area contributed by atoms with E-state index in [1.807, 2.05) is 23.9 Å². The summed E-state index contributed by atoms with van der Waals surface area (Å²) in [6.07, 6.45) is 4.68. The van der Waals surface area contributed by atoms with Gasteiger partial charge in [-0.05, 0) is 37.1 Å². The fourth-order valence-electron chi connectivity index (χ4n) is 3.47. The van der Waals surface area contributed by atoms with Gasteiger partial charge in [0.1, 0.15) is 5.82 Å². The van der Waals surface area contributed by atoms with Crippen molar-refractivity contribution in [2.24, 2.45) is 7.05 Å². The van der Waals surface area contributed by atoms with Gasteiger partial charge in [0, 0.05) is 48.4 Å². The number of benzene rings is 1. The Labute approximate surface area is 158 Å². The molecule has 3 aromatic heterocycles. The number of rotatable bonds is 3. The molecule has 0 aliphatic heterocycles. The van der Waals surface area contributed by atoms with Gasteiger partial charge in [0.05, 0.1) is 22.8 Å². The Morgan fingerprint density at radius 3 is 2.46 bits per heavy atom. The van der Waals surface area contributed by atoms with E-state index in [0.29, 0.717) is 11.3 Å². The first-order chi connectivity index (χ1) is 13.4. The largest absolute Gasteiger partial charge is 0.416 e. The molecule has 0 amide bonds. The second-order valence-electron chi connectivity index (χ2n) is 7.10. The van der Waals surface area contributed by atoms with Gasteiger partial charge < -0.3 is 4.57 Å². The van der Waals surface area contributed by atoms with E-state index in [1.165, 1.54) is 6.07 Å². The zero-order valence-corrected chi connectivity index (χ0v) is 15.0. The number of imidazole rings is 1. The van der Waals surface area contributed by atoms with Crippen LogP contribution in [0.15, 0.2) is 49.1 Å². The molecule has 0 N–H and O–H groups in total. The Balaban J connectivity index is 1.67. The smallest absolute Gasteiger partial charge is 0.321 e. The molecule has 1 aliphatic carbocycles. The monoisotopic (exact) mass is 383 g/mol. The minimum Gasteiger partial charge on any atom is -0.321 e. The molecule has 0 atom stereocenters. The molecule has 4 aromatic rings. The Hall–Kier alpha value is -3.16. The van der Waals surface area contributed by atoms with E-state index in [0.717, 1.165) is 47.2 Å². The lowest BCUT2D eigenvalue weighted by Gasteiger charge is -2.09. The molecule has 0 unspecified atom stereocenters. The normalized spacial score (nSPS) is 14.7. The molecular formula is C20H16F3N5. The standard InChI is InChI=1S/C20H16F3N5/c1-27-11-14(10-25-27)12-6-13(9-24-8-12)19-26-17-7-15(20(21,22)23)2-5-18(17)28(19)16-3-4-16/h2,5-11,16H,3-4H2,1H3. The van der Waals surface area contributed by atoms with Crippen LogP contribution >= 0.6 is 0 Å². The predicted octanol–water partition coefficient (Wildman–Crippen LogP) is 4.85. The van der Waals surface area contributed by atoms with Gasteiger partial charge in [-0.1, -0.05) is 0 Å². The predicted molar refractivity (Wildman–Crippen MR) is 98.4 cm³/mol. The summed E-state index contributed by atoms with van der Waals surface area (Å²) in [6.45, 7) is 0. The molecule has 5 rings (SSSR count). The first-order valence-electron chi connectivity index (χ1n) is 8.94. The zero-order chi connectivity index (χ0) is 19.5. The first-order valence-corrected chi connectivity index (χ1v) is 8.94. The van der Waals surface area contributed by atoms with Crippen LogP contribution in [0.1, 0.15) is 24.4 Å². The molecule has 0 saturated heterocycles. The van der Waals surface area contributed by atoms with Crippen molar-refractivity contribution >= 4 is 11.0 Å². The molecular weight excluding hydrogens is 367 g/mol. The summed E-state index contributed by atoms with van der Waals surface area (Å²) in [5, 5.41) is 4.18. The van der Waals surface area contributed by atoms with Gasteiger partial charge in [-0.3, -0.25) is 9.67 Å². The SMILES string of the molecule is Cn1cc(-c2cncc(-c3nc4cc(C(F)(F)F)ccc4n3C3CC3)c2)cn1. The third-order valence-corrected chi connectivity index (χ3v) is 4.96. The summed E-state index contributed by atoms with van der Waals surface area (Å²) < 4.78 is 43.1. The second kappa shape index (κ2) is 5.92. The van der Waals surface area contributed by atoms with Crippen molar-refractivity contribution < 1.29 is 13.2 Å². The number of alkyl halides is 3. The fraction of sp³-hybridized carbons (Fsp3) is 0.250. The van der Waals surface area contributed by atoms with E-state index in [9.17, 15) is 13.2 Å². The molecule has 28 heavy (non-hydrogen) atoms. The van der Waals surface area contributed by atoms with E-state index in [1.54, 1.807) is 23.3 Å². The third kappa shape index (κ3) is 2.85. The van der Waals surface area contributed by atoms with Crippen molar-refractivity contribution in [1.29, 1.82) is 0 Å². The number of aryl methyl sites for hydroxylation is 1. The summed E-state index contributed by atoms with van der Waals surface area (Å²) in [4.78, 5) is 8.88. The van der Waals surface area contributed by atoms with Crippen LogP contribution in [0.4, 0.5) is 13.2 Å². The Bertz CT molecular complexity index is 1180. The van der Waals surface area contributed by atoms with Crippen LogP contribution in [0.5, 0.6) is 0 Å². The van der Waals surface area contributed by atoms with Gasteiger partial charge in [0.25, 0.3) is 0 Å². The lowest BCUT2D eigenvalue weighted by atomic mass is 10.1. The molecule has 3 heterocycles. The van der Waals surface area contributed by atoms with Crippen LogP contribution in [0.2, 0.25) is 0 Å². The highest BCUT2D eigenvalue weighted by Gasteiger charge is 2.33. The van der Waals surface area contributed by atoms with Gasteiger partial charge in [0.2, 0.25) is 0 Å². The number of hydrogen-bond acceptors (Lipinski definition) is 3. The summed E-state index contributed by atoms with van der Waals surface area (Å²) in [7, 11) is 1.84. The highest BCUT2D eigenvalue weighted by Crippen LogP contribution is 2.42. The number of hydrogen-bond donors (Lipinski definition) is 0. The van der Waals surface area contributed by atoms with E-state index in [-0.39, 0.29) is 6.04 Å².